The minimum absolute atomic E-state index is 0. The van der Waals surface area contributed by atoms with Crippen molar-refractivity contribution in [3.8, 4) is 5.75 Å². The van der Waals surface area contributed by atoms with Crippen molar-refractivity contribution in [1.82, 2.24) is 10.6 Å². The lowest BCUT2D eigenvalue weighted by atomic mass is 10.2. The van der Waals surface area contributed by atoms with E-state index in [0.717, 1.165) is 56.2 Å². The van der Waals surface area contributed by atoms with Crippen LogP contribution in [0, 0.1) is 0 Å². The van der Waals surface area contributed by atoms with Gasteiger partial charge in [0.25, 0.3) is 0 Å². The lowest BCUT2D eigenvalue weighted by Crippen LogP contribution is -2.37. The summed E-state index contributed by atoms with van der Waals surface area (Å²) in [6, 6.07) is 8.05. The molecule has 0 saturated heterocycles. The van der Waals surface area contributed by atoms with Gasteiger partial charge < -0.3 is 20.1 Å². The number of methoxy groups -OCH3 is 1. The number of unbranched alkanes of at least 4 members (excludes halogenated alkanes) is 2. The zero-order chi connectivity index (χ0) is 16.8. The van der Waals surface area contributed by atoms with E-state index in [-0.39, 0.29) is 24.0 Å². The van der Waals surface area contributed by atoms with Crippen LogP contribution < -0.4 is 15.4 Å². The predicted molar refractivity (Wildman–Crippen MR) is 112 cm³/mol. The van der Waals surface area contributed by atoms with Gasteiger partial charge in [-0.05, 0) is 39.2 Å². The van der Waals surface area contributed by atoms with E-state index < -0.39 is 0 Å². The molecule has 1 aromatic rings. The van der Waals surface area contributed by atoms with E-state index >= 15 is 0 Å². The van der Waals surface area contributed by atoms with Crippen LogP contribution in [0.2, 0.25) is 0 Å². The molecule has 0 atom stereocenters. The van der Waals surface area contributed by atoms with Crippen molar-refractivity contribution in [3.63, 3.8) is 0 Å². The second-order valence-electron chi connectivity index (χ2n) is 5.22. The molecule has 0 aliphatic rings. The highest BCUT2D eigenvalue weighted by Gasteiger charge is 2.02. The number of nitrogens with one attached hydrogen (secondary N) is 2. The van der Waals surface area contributed by atoms with Crippen LogP contribution in [0.1, 0.15) is 38.7 Å². The average molecular weight is 449 g/mol. The number of guanidine groups is 1. The molecule has 0 fully saturated rings. The Morgan fingerprint density at radius 2 is 1.88 bits per heavy atom. The molecule has 6 heteroatoms. The highest BCUT2D eigenvalue weighted by atomic mass is 127. The predicted octanol–water partition coefficient (Wildman–Crippen LogP) is 3.58. The number of hydrogen-bond donors (Lipinski definition) is 2. The summed E-state index contributed by atoms with van der Waals surface area (Å²) in [5, 5.41) is 6.66. The van der Waals surface area contributed by atoms with Crippen LogP contribution in [0.25, 0.3) is 0 Å². The average Bonchev–Trinajstić information content (AvgIpc) is 2.57. The third-order valence-electron chi connectivity index (χ3n) is 3.34. The van der Waals surface area contributed by atoms with Gasteiger partial charge in [0.1, 0.15) is 5.75 Å². The number of para-hydroxylation sites is 1. The number of halogens is 1. The number of aliphatic imine (C=N–C) groups is 1. The number of nitrogens with zero attached hydrogens (tertiary/aromatic N) is 1. The molecule has 2 N–H and O–H groups in total. The quantitative estimate of drug-likeness (QED) is 0.235. The summed E-state index contributed by atoms with van der Waals surface area (Å²) in [6.45, 7) is 7.95. The van der Waals surface area contributed by atoms with E-state index in [2.05, 4.69) is 28.6 Å². The molecule has 0 heterocycles. The third-order valence-corrected chi connectivity index (χ3v) is 3.34. The normalized spacial score (nSPS) is 10.9. The minimum atomic E-state index is 0. The fourth-order valence-electron chi connectivity index (χ4n) is 2.19. The molecule has 0 aromatic heterocycles. The summed E-state index contributed by atoms with van der Waals surface area (Å²) < 4.78 is 10.7. The third kappa shape index (κ3) is 9.97. The largest absolute Gasteiger partial charge is 0.494 e. The van der Waals surface area contributed by atoms with E-state index in [1.807, 2.05) is 25.1 Å². The van der Waals surface area contributed by atoms with Gasteiger partial charge in [-0.3, -0.25) is 0 Å². The van der Waals surface area contributed by atoms with Crippen molar-refractivity contribution < 1.29 is 9.47 Å². The molecular formula is C18H32IN3O2. The van der Waals surface area contributed by atoms with Crippen LogP contribution in [-0.2, 0) is 11.3 Å². The molecule has 1 rings (SSSR count). The number of rotatable bonds is 11. The smallest absolute Gasteiger partial charge is 0.191 e. The molecule has 5 nitrogen and oxygen atoms in total. The lowest BCUT2D eigenvalue weighted by molar-refractivity contribution is 0.192. The Morgan fingerprint density at radius 3 is 2.58 bits per heavy atom. The van der Waals surface area contributed by atoms with Gasteiger partial charge in [-0.15, -0.1) is 24.0 Å². The Morgan fingerprint density at radius 1 is 1.08 bits per heavy atom. The molecular weight excluding hydrogens is 417 g/mol. The minimum Gasteiger partial charge on any atom is -0.494 e. The molecule has 0 radical (unpaired) electrons. The van der Waals surface area contributed by atoms with Crippen LogP contribution in [0.4, 0.5) is 0 Å². The molecule has 0 spiro atoms. The Hall–Kier alpha value is -1.02. The SMILES string of the molecule is CCNC(=NCc1ccccc1OCC)NCCCCCOC.I. The summed E-state index contributed by atoms with van der Waals surface area (Å²) in [5.41, 5.74) is 1.10. The molecule has 0 saturated carbocycles. The van der Waals surface area contributed by atoms with Crippen molar-refractivity contribution in [2.24, 2.45) is 4.99 Å². The summed E-state index contributed by atoms with van der Waals surface area (Å²) in [5.74, 6) is 1.76. The monoisotopic (exact) mass is 449 g/mol. The van der Waals surface area contributed by atoms with Gasteiger partial charge in [0.05, 0.1) is 13.2 Å². The van der Waals surface area contributed by atoms with E-state index in [1.54, 1.807) is 7.11 Å². The van der Waals surface area contributed by atoms with Gasteiger partial charge >= 0.3 is 0 Å². The maximum Gasteiger partial charge on any atom is 0.191 e. The summed E-state index contributed by atoms with van der Waals surface area (Å²) in [6.07, 6.45) is 3.38. The van der Waals surface area contributed by atoms with Gasteiger partial charge in [0, 0.05) is 32.4 Å². The maximum atomic E-state index is 5.64. The van der Waals surface area contributed by atoms with Gasteiger partial charge in [0.2, 0.25) is 0 Å². The molecule has 0 amide bonds. The Kier molecular flexibility index (Phi) is 14.8. The summed E-state index contributed by atoms with van der Waals surface area (Å²) >= 11 is 0. The van der Waals surface area contributed by atoms with Crippen LogP contribution >= 0.6 is 24.0 Å². The summed E-state index contributed by atoms with van der Waals surface area (Å²) in [4.78, 5) is 4.65. The Bertz CT molecular complexity index is 456. The molecule has 0 bridgehead atoms. The number of ether oxygens (including phenoxy) is 2. The zero-order valence-corrected chi connectivity index (χ0v) is 17.5. The molecule has 0 unspecified atom stereocenters. The van der Waals surface area contributed by atoms with Crippen molar-refractivity contribution in [3.05, 3.63) is 29.8 Å². The van der Waals surface area contributed by atoms with Crippen molar-refractivity contribution >= 4 is 29.9 Å². The fraction of sp³-hybridized carbons (Fsp3) is 0.611. The molecule has 1 aromatic carbocycles. The highest BCUT2D eigenvalue weighted by Crippen LogP contribution is 2.18. The number of benzene rings is 1. The summed E-state index contributed by atoms with van der Waals surface area (Å²) in [7, 11) is 1.74. The van der Waals surface area contributed by atoms with Crippen molar-refractivity contribution in [2.45, 2.75) is 39.7 Å². The molecule has 24 heavy (non-hydrogen) atoms. The zero-order valence-electron chi connectivity index (χ0n) is 15.1. The molecule has 138 valence electrons. The maximum absolute atomic E-state index is 5.64. The van der Waals surface area contributed by atoms with Crippen LogP contribution in [0.5, 0.6) is 5.75 Å². The molecule has 0 aliphatic heterocycles. The van der Waals surface area contributed by atoms with Crippen molar-refractivity contribution in [2.75, 3.05) is 33.4 Å². The molecule has 0 aliphatic carbocycles. The topological polar surface area (TPSA) is 54.9 Å². The first-order chi connectivity index (χ1) is 11.3. The second kappa shape index (κ2) is 15.5. The van der Waals surface area contributed by atoms with E-state index in [0.29, 0.717) is 13.2 Å². The van der Waals surface area contributed by atoms with Crippen molar-refractivity contribution in [1.29, 1.82) is 0 Å². The fourth-order valence-corrected chi connectivity index (χ4v) is 2.19. The van der Waals surface area contributed by atoms with Crippen LogP contribution in [-0.4, -0.2) is 39.4 Å². The van der Waals surface area contributed by atoms with Crippen LogP contribution in [0.3, 0.4) is 0 Å². The highest BCUT2D eigenvalue weighted by molar-refractivity contribution is 14.0. The Balaban J connectivity index is 0.00000529. The van der Waals surface area contributed by atoms with Gasteiger partial charge in [-0.25, -0.2) is 4.99 Å². The first kappa shape index (κ1) is 23.0. The standard InChI is InChI=1S/C18H31N3O2.HI/c1-4-19-18(20-13-9-6-10-14-22-3)21-15-16-11-7-8-12-17(16)23-5-2;/h7-8,11-12H,4-6,9-10,13-15H2,1-3H3,(H2,19,20,21);1H. The number of hydrogen-bond acceptors (Lipinski definition) is 3. The van der Waals surface area contributed by atoms with Gasteiger partial charge in [-0.2, -0.15) is 0 Å². The first-order valence-corrected chi connectivity index (χ1v) is 8.53. The van der Waals surface area contributed by atoms with Gasteiger partial charge in [0.15, 0.2) is 5.96 Å². The van der Waals surface area contributed by atoms with Crippen LogP contribution in [0.15, 0.2) is 29.3 Å². The lowest BCUT2D eigenvalue weighted by Gasteiger charge is -2.12. The van der Waals surface area contributed by atoms with E-state index in [1.165, 1.54) is 0 Å². The van der Waals surface area contributed by atoms with E-state index in [4.69, 9.17) is 9.47 Å². The van der Waals surface area contributed by atoms with E-state index in [9.17, 15) is 0 Å². The second-order valence-corrected chi connectivity index (χ2v) is 5.22. The van der Waals surface area contributed by atoms with Gasteiger partial charge in [-0.1, -0.05) is 18.2 Å². The first-order valence-electron chi connectivity index (χ1n) is 8.53. The Labute approximate surface area is 163 Å².